The minimum atomic E-state index is -0.982. The van der Waals surface area contributed by atoms with Crippen molar-refractivity contribution in [2.75, 3.05) is 36.0 Å². The zero-order valence-corrected chi connectivity index (χ0v) is 18.5. The maximum Gasteiger partial charge on any atom is 0.340 e. The number of benzene rings is 3. The Hall–Kier alpha value is -3.47. The number of esters is 1. The van der Waals surface area contributed by atoms with Crippen LogP contribution in [0.25, 0.3) is 0 Å². The van der Waals surface area contributed by atoms with Crippen molar-refractivity contribution in [3.05, 3.63) is 82.9 Å². The number of rotatable bonds is 2. The van der Waals surface area contributed by atoms with E-state index in [0.29, 0.717) is 5.56 Å². The predicted molar refractivity (Wildman–Crippen MR) is 128 cm³/mol. The Morgan fingerprint density at radius 2 is 1.21 bits per heavy atom. The van der Waals surface area contributed by atoms with Gasteiger partial charge in [0.15, 0.2) is 5.60 Å². The zero-order valence-electron chi connectivity index (χ0n) is 18.5. The van der Waals surface area contributed by atoms with Gasteiger partial charge in [0.05, 0.1) is 5.56 Å². The highest BCUT2D eigenvalue weighted by molar-refractivity contribution is 5.97. The molecule has 5 nitrogen and oxygen atoms in total. The number of nitrogens with zero attached hydrogens (tertiary/aromatic N) is 2. The fraction of sp³-hybridized carbons (Fsp3) is 0.321. The fourth-order valence-electron chi connectivity index (χ4n) is 6.00. The number of hydrogen-bond acceptors (Lipinski definition) is 5. The van der Waals surface area contributed by atoms with Crippen LogP contribution < -0.4 is 14.5 Å². The maximum atomic E-state index is 13.0. The summed E-state index contributed by atoms with van der Waals surface area (Å²) in [4.78, 5) is 17.8. The van der Waals surface area contributed by atoms with E-state index in [1.165, 1.54) is 25.7 Å². The number of ether oxygens (including phenoxy) is 2. The first-order chi connectivity index (χ1) is 16.2. The monoisotopic (exact) mass is 438 g/mol. The summed E-state index contributed by atoms with van der Waals surface area (Å²) in [5, 5.41) is 0. The summed E-state index contributed by atoms with van der Waals surface area (Å²) in [7, 11) is 0. The van der Waals surface area contributed by atoms with Crippen LogP contribution in [0.1, 0.15) is 52.7 Å². The van der Waals surface area contributed by atoms with Crippen molar-refractivity contribution >= 4 is 17.3 Å². The molecule has 0 amide bonds. The average molecular weight is 439 g/mol. The molecule has 0 aliphatic carbocycles. The molecule has 2 fully saturated rings. The van der Waals surface area contributed by atoms with Gasteiger partial charge in [-0.05, 0) is 56.0 Å². The summed E-state index contributed by atoms with van der Waals surface area (Å²) >= 11 is 0. The summed E-state index contributed by atoms with van der Waals surface area (Å²) < 4.78 is 12.9. The number of hydrogen-bond donors (Lipinski definition) is 0. The van der Waals surface area contributed by atoms with Gasteiger partial charge in [-0.25, -0.2) is 4.79 Å². The molecular formula is C28H26N2O3. The van der Waals surface area contributed by atoms with Crippen LogP contribution in [0, 0.1) is 0 Å². The summed E-state index contributed by atoms with van der Waals surface area (Å²) in [6, 6.07) is 20.5. The Morgan fingerprint density at radius 1 is 0.667 bits per heavy atom. The van der Waals surface area contributed by atoms with E-state index in [0.717, 1.165) is 65.7 Å². The molecular weight excluding hydrogens is 412 g/mol. The minimum Gasteiger partial charge on any atom is -0.456 e. The first-order valence-corrected chi connectivity index (χ1v) is 12.0. The molecule has 166 valence electrons. The number of anilines is 2. The van der Waals surface area contributed by atoms with E-state index in [1.807, 2.05) is 24.3 Å². The SMILES string of the molecule is O=C1OC2(c3ccc(N4CCCC4)cc3Oc3cc(N4CCCC4)ccc32)c2ccccc21. The third-order valence-electron chi connectivity index (χ3n) is 7.62. The number of carbonyl (C=O) groups excluding carboxylic acids is 1. The topological polar surface area (TPSA) is 42.0 Å². The second kappa shape index (κ2) is 7.01. The van der Waals surface area contributed by atoms with E-state index in [4.69, 9.17) is 9.47 Å². The van der Waals surface area contributed by atoms with Crippen LogP contribution in [-0.2, 0) is 10.3 Å². The number of fused-ring (bicyclic) bond motifs is 6. The Morgan fingerprint density at radius 3 is 1.79 bits per heavy atom. The van der Waals surface area contributed by atoms with Crippen LogP contribution in [0.5, 0.6) is 11.5 Å². The van der Waals surface area contributed by atoms with Gasteiger partial charge in [-0.2, -0.15) is 0 Å². The maximum absolute atomic E-state index is 13.0. The van der Waals surface area contributed by atoms with E-state index in [1.54, 1.807) is 0 Å². The van der Waals surface area contributed by atoms with E-state index in [9.17, 15) is 4.79 Å². The van der Waals surface area contributed by atoms with E-state index < -0.39 is 5.60 Å². The van der Waals surface area contributed by atoms with Gasteiger partial charge < -0.3 is 19.3 Å². The number of carbonyl (C=O) groups is 1. The van der Waals surface area contributed by atoms with Crippen molar-refractivity contribution in [3.63, 3.8) is 0 Å². The highest BCUT2D eigenvalue weighted by Gasteiger charge is 2.53. The Bertz CT molecular complexity index is 1210. The van der Waals surface area contributed by atoms with Crippen molar-refractivity contribution < 1.29 is 14.3 Å². The molecule has 3 aromatic rings. The predicted octanol–water partition coefficient (Wildman–Crippen LogP) is 5.46. The fourth-order valence-corrected chi connectivity index (χ4v) is 6.00. The highest BCUT2D eigenvalue weighted by atomic mass is 16.6. The molecule has 3 aromatic carbocycles. The molecule has 7 rings (SSSR count). The van der Waals surface area contributed by atoms with E-state index >= 15 is 0 Å². The molecule has 33 heavy (non-hydrogen) atoms. The second-order valence-corrected chi connectivity index (χ2v) is 9.47. The average Bonchev–Trinajstić information content (AvgIpc) is 3.61. The Balaban J connectivity index is 1.44. The van der Waals surface area contributed by atoms with Crippen molar-refractivity contribution in [2.45, 2.75) is 31.3 Å². The highest BCUT2D eigenvalue weighted by Crippen LogP contribution is 2.57. The van der Waals surface area contributed by atoms with Gasteiger partial charge in [-0.3, -0.25) is 0 Å². The third-order valence-corrected chi connectivity index (χ3v) is 7.62. The summed E-state index contributed by atoms with van der Waals surface area (Å²) in [5.74, 6) is 1.27. The molecule has 0 radical (unpaired) electrons. The first kappa shape index (κ1) is 19.0. The van der Waals surface area contributed by atoms with Crippen molar-refractivity contribution in [3.8, 4) is 11.5 Å². The minimum absolute atomic E-state index is 0.281. The molecule has 5 heteroatoms. The molecule has 4 aliphatic rings. The van der Waals surface area contributed by atoms with Crippen LogP contribution in [0.3, 0.4) is 0 Å². The molecule has 0 N–H and O–H groups in total. The Labute approximate surface area is 193 Å². The van der Waals surface area contributed by atoms with Gasteiger partial charge in [-0.1, -0.05) is 18.2 Å². The summed E-state index contributed by atoms with van der Waals surface area (Å²) in [6.45, 7) is 4.27. The van der Waals surface area contributed by atoms with Gasteiger partial charge in [0.1, 0.15) is 11.5 Å². The quantitative estimate of drug-likeness (QED) is 0.498. The normalized spacial score (nSPS) is 19.8. The first-order valence-electron chi connectivity index (χ1n) is 12.0. The molecule has 1 spiro atoms. The molecule has 0 bridgehead atoms. The van der Waals surface area contributed by atoms with Gasteiger partial charge >= 0.3 is 5.97 Å². The van der Waals surface area contributed by atoms with Crippen molar-refractivity contribution in [1.29, 1.82) is 0 Å². The standard InChI is InChI=1S/C28H26N2O3/c31-27-21-7-1-2-8-22(21)28(33-27)23-11-9-19(29-13-3-4-14-29)17-25(23)32-26-18-20(10-12-24(26)28)30-15-5-6-16-30/h1-2,7-12,17-18H,3-6,13-16H2. The van der Waals surface area contributed by atoms with Gasteiger partial charge in [0.25, 0.3) is 0 Å². The van der Waals surface area contributed by atoms with Gasteiger partial charge in [0, 0.05) is 66.4 Å². The Kier molecular flexibility index (Phi) is 4.05. The van der Waals surface area contributed by atoms with E-state index in [2.05, 4.69) is 46.2 Å². The van der Waals surface area contributed by atoms with Crippen LogP contribution in [0.15, 0.2) is 60.7 Å². The zero-order chi connectivity index (χ0) is 22.0. The van der Waals surface area contributed by atoms with Crippen LogP contribution in [0.4, 0.5) is 11.4 Å². The molecule has 0 aromatic heterocycles. The lowest BCUT2D eigenvalue weighted by molar-refractivity contribution is 0.0224. The lowest BCUT2D eigenvalue weighted by Gasteiger charge is -2.37. The molecule has 0 atom stereocenters. The lowest BCUT2D eigenvalue weighted by Crippen LogP contribution is -2.33. The van der Waals surface area contributed by atoms with Crippen molar-refractivity contribution in [1.82, 2.24) is 0 Å². The smallest absolute Gasteiger partial charge is 0.340 e. The summed E-state index contributed by atoms with van der Waals surface area (Å²) in [5.41, 5.74) is 4.66. The lowest BCUT2D eigenvalue weighted by atomic mass is 9.77. The molecule has 2 saturated heterocycles. The molecule has 0 unspecified atom stereocenters. The second-order valence-electron chi connectivity index (χ2n) is 9.47. The summed E-state index contributed by atoms with van der Waals surface area (Å²) in [6.07, 6.45) is 4.87. The van der Waals surface area contributed by atoms with Gasteiger partial charge in [-0.15, -0.1) is 0 Å². The van der Waals surface area contributed by atoms with E-state index in [-0.39, 0.29) is 5.97 Å². The molecule has 4 aliphatic heterocycles. The van der Waals surface area contributed by atoms with Crippen molar-refractivity contribution in [2.24, 2.45) is 0 Å². The molecule has 0 saturated carbocycles. The molecule has 4 heterocycles. The van der Waals surface area contributed by atoms with Gasteiger partial charge in [0.2, 0.25) is 0 Å². The van der Waals surface area contributed by atoms with Crippen LogP contribution in [0.2, 0.25) is 0 Å². The largest absolute Gasteiger partial charge is 0.456 e. The van der Waals surface area contributed by atoms with Crippen LogP contribution >= 0.6 is 0 Å². The van der Waals surface area contributed by atoms with Crippen LogP contribution in [-0.4, -0.2) is 32.1 Å². The third kappa shape index (κ3) is 2.68.